The molecule has 1 fully saturated rings. The number of nitrogens with two attached hydrogens (primary N) is 1. The second-order valence-corrected chi connectivity index (χ2v) is 4.30. The zero-order valence-corrected chi connectivity index (χ0v) is 9.90. The lowest BCUT2D eigenvalue weighted by Gasteiger charge is -2.32. The van der Waals surface area contributed by atoms with Crippen molar-refractivity contribution >= 4 is 0 Å². The smallest absolute Gasteiger partial charge is 0.165 e. The Kier molecular flexibility index (Phi) is 3.34. The van der Waals surface area contributed by atoms with Crippen molar-refractivity contribution in [2.75, 3.05) is 14.2 Å². The summed E-state index contributed by atoms with van der Waals surface area (Å²) in [7, 11) is 3.31. The van der Waals surface area contributed by atoms with Gasteiger partial charge in [-0.2, -0.15) is 0 Å². The summed E-state index contributed by atoms with van der Waals surface area (Å²) in [4.78, 5) is 0. The third kappa shape index (κ3) is 1.87. The molecule has 0 heterocycles. The van der Waals surface area contributed by atoms with Crippen molar-refractivity contribution in [2.45, 2.75) is 25.3 Å². The fourth-order valence-corrected chi connectivity index (χ4v) is 2.23. The Bertz CT molecular complexity index is 361. The molecular formula is C13H19NO2. The first-order chi connectivity index (χ1) is 7.77. The molecule has 2 N–H and O–H groups in total. The maximum Gasteiger partial charge on any atom is 0.165 e. The first kappa shape index (κ1) is 11.3. The fourth-order valence-electron chi connectivity index (χ4n) is 2.23. The molecule has 1 saturated carbocycles. The van der Waals surface area contributed by atoms with Gasteiger partial charge in [-0.25, -0.2) is 0 Å². The fraction of sp³-hybridized carbons (Fsp3) is 0.538. The van der Waals surface area contributed by atoms with Gasteiger partial charge in [0.2, 0.25) is 0 Å². The number of benzene rings is 1. The van der Waals surface area contributed by atoms with Crippen LogP contribution in [0.15, 0.2) is 18.2 Å². The summed E-state index contributed by atoms with van der Waals surface area (Å²) in [5.41, 5.74) is 7.33. The second kappa shape index (κ2) is 4.74. The van der Waals surface area contributed by atoms with Crippen LogP contribution in [0.2, 0.25) is 0 Å². The van der Waals surface area contributed by atoms with Crippen molar-refractivity contribution in [3.63, 3.8) is 0 Å². The Morgan fingerprint density at radius 1 is 1.25 bits per heavy atom. The molecule has 1 aromatic rings. The molecule has 0 saturated heterocycles. The minimum atomic E-state index is 0.0683. The van der Waals surface area contributed by atoms with E-state index in [1.54, 1.807) is 14.2 Å². The van der Waals surface area contributed by atoms with Crippen LogP contribution in [0.3, 0.4) is 0 Å². The van der Waals surface area contributed by atoms with Crippen LogP contribution >= 0.6 is 0 Å². The van der Waals surface area contributed by atoms with Crippen LogP contribution in [0, 0.1) is 5.92 Å². The molecule has 2 rings (SSSR count). The van der Waals surface area contributed by atoms with Crippen LogP contribution in [0.25, 0.3) is 0 Å². The number of para-hydroxylation sites is 1. The zero-order valence-electron chi connectivity index (χ0n) is 9.90. The molecule has 1 aromatic carbocycles. The number of ether oxygens (including phenoxy) is 2. The molecule has 88 valence electrons. The first-order valence-electron chi connectivity index (χ1n) is 5.74. The van der Waals surface area contributed by atoms with Crippen molar-refractivity contribution in [3.05, 3.63) is 23.8 Å². The number of hydrogen-bond acceptors (Lipinski definition) is 3. The van der Waals surface area contributed by atoms with Gasteiger partial charge in [0.15, 0.2) is 11.5 Å². The summed E-state index contributed by atoms with van der Waals surface area (Å²) in [6.45, 7) is 0. The van der Waals surface area contributed by atoms with Crippen molar-refractivity contribution in [3.8, 4) is 11.5 Å². The van der Waals surface area contributed by atoms with Crippen molar-refractivity contribution in [1.82, 2.24) is 0 Å². The lowest BCUT2D eigenvalue weighted by Crippen LogP contribution is -2.27. The predicted octanol–water partition coefficient (Wildman–Crippen LogP) is 2.50. The highest BCUT2D eigenvalue weighted by Gasteiger charge is 2.28. The van der Waals surface area contributed by atoms with Gasteiger partial charge in [0, 0.05) is 11.6 Å². The monoisotopic (exact) mass is 221 g/mol. The van der Waals surface area contributed by atoms with Gasteiger partial charge < -0.3 is 15.2 Å². The average Bonchev–Trinajstić information content (AvgIpc) is 2.25. The molecule has 0 unspecified atom stereocenters. The highest BCUT2D eigenvalue weighted by Crippen LogP contribution is 2.42. The molecule has 0 aliphatic heterocycles. The van der Waals surface area contributed by atoms with Gasteiger partial charge in [-0.15, -0.1) is 0 Å². The van der Waals surface area contributed by atoms with Gasteiger partial charge in [-0.05, 0) is 24.8 Å². The van der Waals surface area contributed by atoms with E-state index in [-0.39, 0.29) is 6.04 Å². The molecule has 0 bridgehead atoms. The summed E-state index contributed by atoms with van der Waals surface area (Å²) in [5.74, 6) is 2.14. The molecule has 1 aliphatic carbocycles. The maximum absolute atomic E-state index is 6.26. The molecule has 0 radical (unpaired) electrons. The zero-order chi connectivity index (χ0) is 11.5. The van der Waals surface area contributed by atoms with Crippen LogP contribution in [-0.4, -0.2) is 14.2 Å². The number of rotatable bonds is 4. The molecule has 1 atom stereocenters. The summed E-state index contributed by atoms with van der Waals surface area (Å²) < 4.78 is 10.7. The van der Waals surface area contributed by atoms with Crippen LogP contribution in [0.1, 0.15) is 30.9 Å². The molecular weight excluding hydrogens is 202 g/mol. The Labute approximate surface area is 96.5 Å². The second-order valence-electron chi connectivity index (χ2n) is 4.30. The van der Waals surface area contributed by atoms with Crippen LogP contribution in [0.5, 0.6) is 11.5 Å². The summed E-state index contributed by atoms with van der Waals surface area (Å²) in [6, 6.07) is 5.97. The third-order valence-corrected chi connectivity index (χ3v) is 3.45. The Balaban J connectivity index is 2.30. The predicted molar refractivity (Wildman–Crippen MR) is 63.8 cm³/mol. The Morgan fingerprint density at radius 2 is 2.00 bits per heavy atom. The molecule has 1 aliphatic rings. The van der Waals surface area contributed by atoms with Crippen LogP contribution in [-0.2, 0) is 0 Å². The Hall–Kier alpha value is -1.22. The average molecular weight is 221 g/mol. The van der Waals surface area contributed by atoms with E-state index in [0.717, 1.165) is 17.1 Å². The summed E-state index contributed by atoms with van der Waals surface area (Å²) in [6.07, 6.45) is 3.74. The largest absolute Gasteiger partial charge is 0.493 e. The molecule has 16 heavy (non-hydrogen) atoms. The van der Waals surface area contributed by atoms with E-state index in [2.05, 4.69) is 0 Å². The summed E-state index contributed by atoms with van der Waals surface area (Å²) in [5, 5.41) is 0. The SMILES string of the molecule is COc1cccc([C@@H](N)C2CCC2)c1OC. The molecule has 0 amide bonds. The van der Waals surface area contributed by atoms with Crippen molar-refractivity contribution in [1.29, 1.82) is 0 Å². The van der Waals surface area contributed by atoms with Crippen LogP contribution < -0.4 is 15.2 Å². The van der Waals surface area contributed by atoms with E-state index in [1.807, 2.05) is 18.2 Å². The Morgan fingerprint density at radius 3 is 2.50 bits per heavy atom. The van der Waals surface area contributed by atoms with E-state index in [0.29, 0.717) is 5.92 Å². The lowest BCUT2D eigenvalue weighted by molar-refractivity contribution is 0.257. The van der Waals surface area contributed by atoms with Crippen LogP contribution in [0.4, 0.5) is 0 Å². The highest BCUT2D eigenvalue weighted by atomic mass is 16.5. The normalized spacial score (nSPS) is 17.7. The third-order valence-electron chi connectivity index (χ3n) is 3.45. The minimum Gasteiger partial charge on any atom is -0.493 e. The van der Waals surface area contributed by atoms with Gasteiger partial charge in [0.1, 0.15) is 0 Å². The summed E-state index contributed by atoms with van der Waals surface area (Å²) >= 11 is 0. The lowest BCUT2D eigenvalue weighted by atomic mass is 9.77. The maximum atomic E-state index is 6.26. The van der Waals surface area contributed by atoms with Crippen molar-refractivity contribution in [2.24, 2.45) is 11.7 Å². The van der Waals surface area contributed by atoms with E-state index in [4.69, 9.17) is 15.2 Å². The van der Waals surface area contributed by atoms with Gasteiger partial charge in [0.25, 0.3) is 0 Å². The highest BCUT2D eigenvalue weighted by molar-refractivity contribution is 5.48. The minimum absolute atomic E-state index is 0.0683. The molecule has 3 heteroatoms. The number of methoxy groups -OCH3 is 2. The molecule has 0 aromatic heterocycles. The molecule has 3 nitrogen and oxygen atoms in total. The standard InChI is InChI=1S/C13H19NO2/c1-15-11-8-4-7-10(13(11)16-2)12(14)9-5-3-6-9/h4,7-9,12H,3,5-6,14H2,1-2H3/t12-/m0/s1. The van der Waals surface area contributed by atoms with Gasteiger partial charge in [-0.3, -0.25) is 0 Å². The van der Waals surface area contributed by atoms with Gasteiger partial charge >= 0.3 is 0 Å². The van der Waals surface area contributed by atoms with Gasteiger partial charge in [-0.1, -0.05) is 18.6 Å². The van der Waals surface area contributed by atoms with E-state index < -0.39 is 0 Å². The van der Waals surface area contributed by atoms with E-state index >= 15 is 0 Å². The molecule has 0 spiro atoms. The van der Waals surface area contributed by atoms with Gasteiger partial charge in [0.05, 0.1) is 14.2 Å². The first-order valence-corrected chi connectivity index (χ1v) is 5.74. The quantitative estimate of drug-likeness (QED) is 0.849. The number of hydrogen-bond donors (Lipinski definition) is 1. The van der Waals surface area contributed by atoms with E-state index in [1.165, 1.54) is 19.3 Å². The van der Waals surface area contributed by atoms with E-state index in [9.17, 15) is 0 Å². The topological polar surface area (TPSA) is 44.5 Å². The van der Waals surface area contributed by atoms with Crippen molar-refractivity contribution < 1.29 is 9.47 Å².